The third-order valence-electron chi connectivity index (χ3n) is 4.28. The molecule has 0 aliphatic heterocycles. The fourth-order valence-electron chi connectivity index (χ4n) is 3.04. The molecule has 0 heterocycles. The van der Waals surface area contributed by atoms with Crippen molar-refractivity contribution < 1.29 is 5.11 Å². The minimum Gasteiger partial charge on any atom is -0.387 e. The molecule has 0 spiro atoms. The van der Waals surface area contributed by atoms with Crippen LogP contribution in [0.3, 0.4) is 0 Å². The second-order valence-electron chi connectivity index (χ2n) is 5.33. The molecule has 1 nitrogen and oxygen atoms in total. The van der Waals surface area contributed by atoms with E-state index in [-0.39, 0.29) is 5.41 Å². The van der Waals surface area contributed by atoms with Crippen LogP contribution in [-0.4, -0.2) is 5.11 Å². The summed E-state index contributed by atoms with van der Waals surface area (Å²) in [5, 5.41) is 11.5. The van der Waals surface area contributed by atoms with Crippen LogP contribution in [0.4, 0.5) is 0 Å². The zero-order chi connectivity index (χ0) is 13.3. The Labute approximate surface area is 118 Å². The first kappa shape index (κ1) is 12.7. The Bertz CT molecular complexity index is 560. The Balaban J connectivity index is 1.99. The molecule has 0 radical (unpaired) electrons. The summed E-state index contributed by atoms with van der Waals surface area (Å²) < 4.78 is 0. The lowest BCUT2D eigenvalue weighted by atomic mass is 9.60. The standard InChI is InChI=1S/C17H17ClO/c18-15-9-4-6-13(12-15)16(19)17(10-5-11-17)14-7-2-1-3-8-14/h1-4,6-9,12,16,19H,5,10-11H2. The predicted molar refractivity (Wildman–Crippen MR) is 78.4 cm³/mol. The molecular formula is C17H17ClO. The van der Waals surface area contributed by atoms with Crippen molar-refractivity contribution in [2.24, 2.45) is 0 Å². The highest BCUT2D eigenvalue weighted by Gasteiger charge is 2.45. The molecule has 0 aromatic heterocycles. The molecule has 1 fully saturated rings. The summed E-state index contributed by atoms with van der Waals surface area (Å²) in [5.41, 5.74) is 2.01. The van der Waals surface area contributed by atoms with Crippen LogP contribution >= 0.6 is 11.6 Å². The number of hydrogen-bond acceptors (Lipinski definition) is 1. The molecule has 2 aromatic carbocycles. The van der Waals surface area contributed by atoms with Gasteiger partial charge in [-0.15, -0.1) is 0 Å². The van der Waals surface area contributed by atoms with Crippen molar-refractivity contribution >= 4 is 11.6 Å². The molecule has 1 N–H and O–H groups in total. The van der Waals surface area contributed by atoms with Crippen LogP contribution in [-0.2, 0) is 5.41 Å². The largest absolute Gasteiger partial charge is 0.387 e. The van der Waals surface area contributed by atoms with Gasteiger partial charge in [-0.3, -0.25) is 0 Å². The van der Waals surface area contributed by atoms with Gasteiger partial charge in [0.15, 0.2) is 0 Å². The molecule has 0 bridgehead atoms. The van der Waals surface area contributed by atoms with Crippen LogP contribution in [0.5, 0.6) is 0 Å². The van der Waals surface area contributed by atoms with E-state index in [1.165, 1.54) is 12.0 Å². The zero-order valence-electron chi connectivity index (χ0n) is 10.7. The van der Waals surface area contributed by atoms with Gasteiger partial charge >= 0.3 is 0 Å². The van der Waals surface area contributed by atoms with Gasteiger partial charge in [-0.25, -0.2) is 0 Å². The average Bonchev–Trinajstić information content (AvgIpc) is 2.38. The monoisotopic (exact) mass is 272 g/mol. The molecular weight excluding hydrogens is 256 g/mol. The van der Waals surface area contributed by atoms with E-state index in [0.717, 1.165) is 18.4 Å². The Hall–Kier alpha value is -1.31. The second kappa shape index (κ2) is 4.99. The Morgan fingerprint density at radius 1 is 1.00 bits per heavy atom. The highest BCUT2D eigenvalue weighted by Crippen LogP contribution is 2.52. The molecule has 2 heteroatoms. The minimum atomic E-state index is -0.484. The van der Waals surface area contributed by atoms with Gasteiger partial charge in [0.1, 0.15) is 0 Å². The van der Waals surface area contributed by atoms with Crippen LogP contribution in [0.15, 0.2) is 54.6 Å². The van der Waals surface area contributed by atoms with Gasteiger partial charge in [-0.1, -0.05) is 60.5 Å². The average molecular weight is 273 g/mol. The first-order valence-electron chi connectivity index (χ1n) is 6.71. The molecule has 1 atom stereocenters. The van der Waals surface area contributed by atoms with Crippen molar-refractivity contribution in [1.82, 2.24) is 0 Å². The van der Waals surface area contributed by atoms with Crippen molar-refractivity contribution in [1.29, 1.82) is 0 Å². The maximum atomic E-state index is 10.8. The number of benzene rings is 2. The SMILES string of the molecule is OC(c1cccc(Cl)c1)C1(c2ccccc2)CCC1. The summed E-state index contributed by atoms with van der Waals surface area (Å²) in [5.74, 6) is 0. The molecule has 0 amide bonds. The predicted octanol–water partition coefficient (Wildman–Crippen LogP) is 4.50. The molecule has 1 aliphatic rings. The zero-order valence-corrected chi connectivity index (χ0v) is 11.5. The van der Waals surface area contributed by atoms with Gasteiger partial charge in [-0.2, -0.15) is 0 Å². The second-order valence-corrected chi connectivity index (χ2v) is 5.77. The molecule has 1 saturated carbocycles. The lowest BCUT2D eigenvalue weighted by molar-refractivity contribution is 0.0268. The lowest BCUT2D eigenvalue weighted by Crippen LogP contribution is -2.40. The summed E-state index contributed by atoms with van der Waals surface area (Å²) in [4.78, 5) is 0. The van der Waals surface area contributed by atoms with Gasteiger partial charge in [-0.05, 0) is 36.1 Å². The fraction of sp³-hybridized carbons (Fsp3) is 0.294. The van der Waals surface area contributed by atoms with E-state index in [4.69, 9.17) is 11.6 Å². The van der Waals surface area contributed by atoms with Crippen molar-refractivity contribution in [3.63, 3.8) is 0 Å². The van der Waals surface area contributed by atoms with E-state index in [2.05, 4.69) is 12.1 Å². The van der Waals surface area contributed by atoms with Crippen molar-refractivity contribution in [2.45, 2.75) is 30.8 Å². The minimum absolute atomic E-state index is 0.133. The molecule has 98 valence electrons. The van der Waals surface area contributed by atoms with E-state index in [0.29, 0.717) is 5.02 Å². The molecule has 2 aromatic rings. The summed E-state index contributed by atoms with van der Waals surface area (Å²) in [7, 11) is 0. The maximum Gasteiger partial charge on any atom is 0.0887 e. The van der Waals surface area contributed by atoms with Crippen molar-refractivity contribution in [2.75, 3.05) is 0 Å². The van der Waals surface area contributed by atoms with E-state index in [1.54, 1.807) is 0 Å². The first-order valence-corrected chi connectivity index (χ1v) is 7.09. The molecule has 1 aliphatic carbocycles. The third kappa shape index (κ3) is 2.18. The Kier molecular flexibility index (Phi) is 3.34. The van der Waals surface area contributed by atoms with E-state index in [9.17, 15) is 5.11 Å². The number of aliphatic hydroxyl groups is 1. The summed E-state index contributed by atoms with van der Waals surface area (Å²) in [6.07, 6.45) is 2.75. The first-order chi connectivity index (χ1) is 9.22. The number of hydrogen-bond donors (Lipinski definition) is 1. The summed E-state index contributed by atoms with van der Waals surface area (Å²) >= 11 is 6.04. The number of aliphatic hydroxyl groups excluding tert-OH is 1. The van der Waals surface area contributed by atoms with Crippen LogP contribution in [0.25, 0.3) is 0 Å². The lowest BCUT2D eigenvalue weighted by Gasteiger charge is -2.46. The number of rotatable bonds is 3. The molecule has 19 heavy (non-hydrogen) atoms. The molecule has 0 saturated heterocycles. The van der Waals surface area contributed by atoms with Crippen LogP contribution in [0.2, 0.25) is 5.02 Å². The fourth-order valence-corrected chi connectivity index (χ4v) is 3.24. The van der Waals surface area contributed by atoms with Crippen LogP contribution < -0.4 is 0 Å². The van der Waals surface area contributed by atoms with Gasteiger partial charge in [0, 0.05) is 10.4 Å². The molecule has 1 unspecified atom stereocenters. The smallest absolute Gasteiger partial charge is 0.0887 e. The van der Waals surface area contributed by atoms with Crippen molar-refractivity contribution in [3.05, 3.63) is 70.7 Å². The Morgan fingerprint density at radius 2 is 1.74 bits per heavy atom. The van der Waals surface area contributed by atoms with E-state index >= 15 is 0 Å². The Morgan fingerprint density at radius 3 is 2.32 bits per heavy atom. The van der Waals surface area contributed by atoms with Gasteiger partial charge in [0.2, 0.25) is 0 Å². The van der Waals surface area contributed by atoms with Crippen molar-refractivity contribution in [3.8, 4) is 0 Å². The highest BCUT2D eigenvalue weighted by molar-refractivity contribution is 6.30. The van der Waals surface area contributed by atoms with E-state index in [1.807, 2.05) is 42.5 Å². The maximum absolute atomic E-state index is 10.8. The summed E-state index contributed by atoms with van der Waals surface area (Å²) in [6, 6.07) is 17.9. The van der Waals surface area contributed by atoms with Gasteiger partial charge < -0.3 is 5.11 Å². The number of halogens is 1. The van der Waals surface area contributed by atoms with Crippen LogP contribution in [0, 0.1) is 0 Å². The van der Waals surface area contributed by atoms with E-state index < -0.39 is 6.10 Å². The van der Waals surface area contributed by atoms with Crippen LogP contribution in [0.1, 0.15) is 36.5 Å². The quantitative estimate of drug-likeness (QED) is 0.872. The van der Waals surface area contributed by atoms with Gasteiger partial charge in [0.05, 0.1) is 6.10 Å². The molecule has 3 rings (SSSR count). The highest BCUT2D eigenvalue weighted by atomic mass is 35.5. The third-order valence-corrected chi connectivity index (χ3v) is 4.52. The summed E-state index contributed by atoms with van der Waals surface area (Å²) in [6.45, 7) is 0. The normalized spacial score (nSPS) is 18.6. The topological polar surface area (TPSA) is 20.2 Å². The van der Waals surface area contributed by atoms with Gasteiger partial charge in [0.25, 0.3) is 0 Å².